The monoisotopic (exact) mass is 318 g/mol. The number of carbonyl (C=O) groups is 2. The Morgan fingerprint density at radius 1 is 1.22 bits per heavy atom. The first-order valence-corrected chi connectivity index (χ1v) is 7.28. The minimum atomic E-state index is -0.438. The number of nitrogens with one attached hydrogen (secondary N) is 1. The van der Waals surface area contributed by atoms with Crippen LogP contribution in [0.2, 0.25) is 0 Å². The third kappa shape index (κ3) is 4.18. The molecule has 0 aliphatic rings. The van der Waals surface area contributed by atoms with Gasteiger partial charge in [0.25, 0.3) is 5.91 Å². The van der Waals surface area contributed by atoms with Gasteiger partial charge >= 0.3 is 0 Å². The number of hydrogen-bond acceptors (Lipinski definition) is 3. The van der Waals surface area contributed by atoms with Crippen LogP contribution in [0, 0.1) is 5.82 Å². The molecule has 6 heteroatoms. The van der Waals surface area contributed by atoms with E-state index >= 15 is 0 Å². The van der Waals surface area contributed by atoms with Gasteiger partial charge in [0.1, 0.15) is 11.6 Å². The Hall–Kier alpha value is -2.63. The fourth-order valence-electron chi connectivity index (χ4n) is 2.10. The van der Waals surface area contributed by atoms with Crippen LogP contribution in [0.1, 0.15) is 24.4 Å². The number of carbonyl (C=O) groups excluding carboxylic acids is 2. The van der Waals surface area contributed by atoms with Gasteiger partial charge in [-0.05, 0) is 38.1 Å². The fraction of sp³-hybridized carbons (Fsp3) is 0.294. The SMILES string of the molecule is CC(C)NC(=O)CN(C)C(=O)c1ccc(-c2ccccc2F)o1. The highest BCUT2D eigenvalue weighted by atomic mass is 19.1. The maximum absolute atomic E-state index is 13.7. The van der Waals surface area contributed by atoms with E-state index in [0.29, 0.717) is 0 Å². The third-order valence-electron chi connectivity index (χ3n) is 3.13. The third-order valence-corrected chi connectivity index (χ3v) is 3.13. The van der Waals surface area contributed by atoms with E-state index in [9.17, 15) is 14.0 Å². The first-order chi connectivity index (χ1) is 10.9. The summed E-state index contributed by atoms with van der Waals surface area (Å²) in [7, 11) is 1.51. The minimum Gasteiger partial charge on any atom is -0.451 e. The van der Waals surface area contributed by atoms with Crippen molar-refractivity contribution in [2.75, 3.05) is 13.6 Å². The zero-order valence-electron chi connectivity index (χ0n) is 13.3. The molecule has 0 unspecified atom stereocenters. The Balaban J connectivity index is 2.09. The van der Waals surface area contributed by atoms with Crippen LogP contribution in [0.3, 0.4) is 0 Å². The maximum Gasteiger partial charge on any atom is 0.289 e. The number of amides is 2. The van der Waals surface area contributed by atoms with E-state index < -0.39 is 11.7 Å². The van der Waals surface area contributed by atoms with Crippen molar-refractivity contribution in [3.63, 3.8) is 0 Å². The van der Waals surface area contributed by atoms with Gasteiger partial charge < -0.3 is 14.6 Å². The topological polar surface area (TPSA) is 62.6 Å². The minimum absolute atomic E-state index is 0.00210. The van der Waals surface area contributed by atoms with Crippen LogP contribution in [0.25, 0.3) is 11.3 Å². The van der Waals surface area contributed by atoms with Crippen molar-refractivity contribution in [2.45, 2.75) is 19.9 Å². The molecule has 2 rings (SSSR count). The van der Waals surface area contributed by atoms with Crippen LogP contribution in [-0.4, -0.2) is 36.3 Å². The number of likely N-dealkylation sites (N-methyl/N-ethyl adjacent to an activating group) is 1. The molecule has 1 aromatic heterocycles. The van der Waals surface area contributed by atoms with E-state index in [0.717, 1.165) is 0 Å². The van der Waals surface area contributed by atoms with E-state index in [1.165, 1.54) is 30.1 Å². The molecule has 0 bridgehead atoms. The second kappa shape index (κ2) is 7.09. The number of rotatable bonds is 5. The Morgan fingerprint density at radius 3 is 2.57 bits per heavy atom. The molecular weight excluding hydrogens is 299 g/mol. The largest absolute Gasteiger partial charge is 0.451 e. The molecular formula is C17H19FN2O3. The highest BCUT2D eigenvalue weighted by Gasteiger charge is 2.19. The Morgan fingerprint density at radius 2 is 1.91 bits per heavy atom. The molecule has 0 atom stereocenters. The summed E-state index contributed by atoms with van der Waals surface area (Å²) in [4.78, 5) is 25.2. The summed E-state index contributed by atoms with van der Waals surface area (Å²) >= 11 is 0. The molecule has 2 aromatic rings. The van der Waals surface area contributed by atoms with Crippen molar-refractivity contribution in [2.24, 2.45) is 0 Å². The predicted molar refractivity (Wildman–Crippen MR) is 84.3 cm³/mol. The molecule has 0 aliphatic heterocycles. The quantitative estimate of drug-likeness (QED) is 0.922. The van der Waals surface area contributed by atoms with E-state index in [1.54, 1.807) is 18.2 Å². The lowest BCUT2D eigenvalue weighted by Gasteiger charge is -2.16. The van der Waals surface area contributed by atoms with Gasteiger partial charge in [-0.3, -0.25) is 9.59 Å². The van der Waals surface area contributed by atoms with Crippen LogP contribution in [-0.2, 0) is 4.79 Å². The van der Waals surface area contributed by atoms with E-state index in [4.69, 9.17) is 4.42 Å². The molecule has 0 fully saturated rings. The van der Waals surface area contributed by atoms with E-state index in [-0.39, 0.29) is 35.6 Å². The lowest BCUT2D eigenvalue weighted by molar-refractivity contribution is -0.122. The van der Waals surface area contributed by atoms with Gasteiger partial charge in [0, 0.05) is 13.1 Å². The van der Waals surface area contributed by atoms with Gasteiger partial charge in [-0.25, -0.2) is 4.39 Å². The van der Waals surface area contributed by atoms with Gasteiger partial charge in [-0.1, -0.05) is 12.1 Å². The van der Waals surface area contributed by atoms with Crippen molar-refractivity contribution < 1.29 is 18.4 Å². The second-order valence-electron chi connectivity index (χ2n) is 5.53. The smallest absolute Gasteiger partial charge is 0.289 e. The van der Waals surface area contributed by atoms with Crippen molar-refractivity contribution in [1.82, 2.24) is 10.2 Å². The zero-order chi connectivity index (χ0) is 17.0. The summed E-state index contributed by atoms with van der Waals surface area (Å²) in [6.07, 6.45) is 0. The van der Waals surface area contributed by atoms with Crippen LogP contribution in [0.4, 0.5) is 4.39 Å². The molecule has 23 heavy (non-hydrogen) atoms. The molecule has 122 valence electrons. The standard InChI is InChI=1S/C17H19FN2O3/c1-11(2)19-16(21)10-20(3)17(22)15-9-8-14(23-15)12-6-4-5-7-13(12)18/h4-9,11H,10H2,1-3H3,(H,19,21). The molecule has 2 amide bonds. The van der Waals surface area contributed by atoms with Crippen molar-refractivity contribution in [1.29, 1.82) is 0 Å². The Bertz CT molecular complexity index is 709. The van der Waals surface area contributed by atoms with Crippen LogP contribution >= 0.6 is 0 Å². The fourth-order valence-corrected chi connectivity index (χ4v) is 2.10. The van der Waals surface area contributed by atoms with Gasteiger partial charge in [-0.15, -0.1) is 0 Å². The van der Waals surface area contributed by atoms with Crippen LogP contribution in [0.5, 0.6) is 0 Å². The Labute approximate surface area is 134 Å². The molecule has 1 aromatic carbocycles. The normalized spacial score (nSPS) is 10.7. The molecule has 0 aliphatic carbocycles. The highest BCUT2D eigenvalue weighted by molar-refractivity contribution is 5.94. The highest BCUT2D eigenvalue weighted by Crippen LogP contribution is 2.25. The number of hydrogen-bond donors (Lipinski definition) is 1. The predicted octanol–water partition coefficient (Wildman–Crippen LogP) is 2.68. The molecule has 0 saturated carbocycles. The summed E-state index contributed by atoms with van der Waals surface area (Å²) < 4.78 is 19.2. The molecule has 0 saturated heterocycles. The average molecular weight is 318 g/mol. The van der Waals surface area contributed by atoms with Crippen molar-refractivity contribution in [3.8, 4) is 11.3 Å². The van der Waals surface area contributed by atoms with Crippen LogP contribution < -0.4 is 5.32 Å². The maximum atomic E-state index is 13.7. The summed E-state index contributed by atoms with van der Waals surface area (Å²) in [5, 5.41) is 2.71. The first-order valence-electron chi connectivity index (χ1n) is 7.28. The van der Waals surface area contributed by atoms with Gasteiger partial charge in [-0.2, -0.15) is 0 Å². The lowest BCUT2D eigenvalue weighted by atomic mass is 10.1. The van der Waals surface area contributed by atoms with E-state index in [2.05, 4.69) is 5.32 Å². The number of furan rings is 1. The second-order valence-corrected chi connectivity index (χ2v) is 5.53. The van der Waals surface area contributed by atoms with Crippen molar-refractivity contribution in [3.05, 3.63) is 48.0 Å². The molecule has 0 radical (unpaired) electrons. The van der Waals surface area contributed by atoms with Gasteiger partial charge in [0.15, 0.2) is 5.76 Å². The summed E-state index contributed by atoms with van der Waals surface area (Å²) in [6, 6.07) is 9.17. The molecule has 1 N–H and O–H groups in total. The van der Waals surface area contributed by atoms with E-state index in [1.807, 2.05) is 13.8 Å². The molecule has 5 nitrogen and oxygen atoms in total. The molecule has 1 heterocycles. The summed E-state index contributed by atoms with van der Waals surface area (Å²) in [5.41, 5.74) is 0.284. The lowest BCUT2D eigenvalue weighted by Crippen LogP contribution is -2.40. The summed E-state index contributed by atoms with van der Waals surface area (Å²) in [5.74, 6) is -0.789. The number of halogens is 1. The first kappa shape index (κ1) is 16.7. The van der Waals surface area contributed by atoms with Gasteiger partial charge in [0.2, 0.25) is 5.91 Å². The van der Waals surface area contributed by atoms with Gasteiger partial charge in [0.05, 0.1) is 12.1 Å². The van der Waals surface area contributed by atoms with Crippen molar-refractivity contribution >= 4 is 11.8 Å². The zero-order valence-corrected chi connectivity index (χ0v) is 13.3. The molecule has 0 spiro atoms. The Kier molecular flexibility index (Phi) is 5.16. The average Bonchev–Trinajstić information content (AvgIpc) is 2.95. The van der Waals surface area contributed by atoms with Crippen LogP contribution in [0.15, 0.2) is 40.8 Å². The number of nitrogens with zero attached hydrogens (tertiary/aromatic N) is 1. The number of benzene rings is 1. The summed E-state index contributed by atoms with van der Waals surface area (Å²) in [6.45, 7) is 3.60.